The lowest BCUT2D eigenvalue weighted by Crippen LogP contribution is -2.47. The molecule has 3 heteroatoms. The molecule has 3 unspecified atom stereocenters. The van der Waals surface area contributed by atoms with Crippen LogP contribution < -0.4 is 11.1 Å². The Morgan fingerprint density at radius 3 is 2.62 bits per heavy atom. The van der Waals surface area contributed by atoms with Gasteiger partial charge >= 0.3 is 0 Å². The van der Waals surface area contributed by atoms with Gasteiger partial charge in [0, 0.05) is 12.1 Å². The van der Waals surface area contributed by atoms with E-state index >= 15 is 0 Å². The Hall–Kier alpha value is -0.120. The van der Waals surface area contributed by atoms with Gasteiger partial charge < -0.3 is 16.0 Å². The van der Waals surface area contributed by atoms with Crippen molar-refractivity contribution in [2.45, 2.75) is 45.7 Å². The van der Waals surface area contributed by atoms with E-state index in [-0.39, 0.29) is 0 Å². The number of nitrogens with zero attached hydrogens (tertiary/aromatic N) is 1. The van der Waals surface area contributed by atoms with Crippen molar-refractivity contribution in [2.24, 2.45) is 17.6 Å². The number of hydrogen-bond acceptors (Lipinski definition) is 3. The van der Waals surface area contributed by atoms with Crippen LogP contribution in [-0.4, -0.2) is 43.7 Å². The highest BCUT2D eigenvalue weighted by Gasteiger charge is 2.23. The van der Waals surface area contributed by atoms with Crippen molar-refractivity contribution in [3.63, 3.8) is 0 Å². The third-order valence-electron chi connectivity index (χ3n) is 4.12. The average Bonchev–Trinajstić information content (AvgIpc) is 2.23. The SMILES string of the molecule is CC(C)C(CN)CNC1CCN(C)C(C)C1. The van der Waals surface area contributed by atoms with Crippen LogP contribution in [0.5, 0.6) is 0 Å². The van der Waals surface area contributed by atoms with E-state index in [4.69, 9.17) is 5.73 Å². The van der Waals surface area contributed by atoms with Crippen LogP contribution in [0, 0.1) is 11.8 Å². The molecule has 0 spiro atoms. The minimum atomic E-state index is 0.620. The van der Waals surface area contributed by atoms with Crippen LogP contribution in [0.1, 0.15) is 33.6 Å². The van der Waals surface area contributed by atoms with Gasteiger partial charge in [0.1, 0.15) is 0 Å². The van der Waals surface area contributed by atoms with Crippen LogP contribution in [0.25, 0.3) is 0 Å². The molecule has 1 fully saturated rings. The molecule has 16 heavy (non-hydrogen) atoms. The molecule has 1 aliphatic heterocycles. The Kier molecular flexibility index (Phi) is 5.73. The van der Waals surface area contributed by atoms with Crippen LogP contribution in [0.15, 0.2) is 0 Å². The Bertz CT molecular complexity index is 194. The van der Waals surface area contributed by atoms with E-state index in [1.54, 1.807) is 0 Å². The predicted molar refractivity (Wildman–Crippen MR) is 70.5 cm³/mol. The fourth-order valence-corrected chi connectivity index (χ4v) is 2.38. The molecule has 1 saturated heterocycles. The van der Waals surface area contributed by atoms with Crippen molar-refractivity contribution in [3.05, 3.63) is 0 Å². The maximum atomic E-state index is 5.79. The van der Waals surface area contributed by atoms with Gasteiger partial charge in [-0.05, 0) is 58.3 Å². The summed E-state index contributed by atoms with van der Waals surface area (Å²) in [4.78, 5) is 2.45. The second-order valence-corrected chi connectivity index (χ2v) is 5.70. The molecule has 1 heterocycles. The molecular weight excluding hydrogens is 198 g/mol. The third kappa shape index (κ3) is 4.04. The lowest BCUT2D eigenvalue weighted by molar-refractivity contribution is 0.164. The molecule has 0 aromatic rings. The zero-order chi connectivity index (χ0) is 12.1. The summed E-state index contributed by atoms with van der Waals surface area (Å²) in [6, 6.07) is 1.40. The number of piperidine rings is 1. The Balaban J connectivity index is 2.27. The molecule has 0 amide bonds. The van der Waals surface area contributed by atoms with Crippen molar-refractivity contribution in [1.82, 2.24) is 10.2 Å². The van der Waals surface area contributed by atoms with Gasteiger partial charge in [-0.2, -0.15) is 0 Å². The summed E-state index contributed by atoms with van der Waals surface area (Å²) in [7, 11) is 2.22. The smallest absolute Gasteiger partial charge is 0.00941 e. The van der Waals surface area contributed by atoms with E-state index in [2.05, 4.69) is 38.0 Å². The van der Waals surface area contributed by atoms with Gasteiger partial charge in [-0.15, -0.1) is 0 Å². The molecule has 96 valence electrons. The zero-order valence-electron chi connectivity index (χ0n) is 11.4. The molecule has 0 saturated carbocycles. The number of nitrogens with one attached hydrogen (secondary N) is 1. The minimum Gasteiger partial charge on any atom is -0.330 e. The predicted octanol–water partition coefficient (Wildman–Crippen LogP) is 1.29. The van der Waals surface area contributed by atoms with E-state index in [1.165, 1.54) is 19.4 Å². The fraction of sp³-hybridized carbons (Fsp3) is 1.00. The molecule has 0 radical (unpaired) electrons. The zero-order valence-corrected chi connectivity index (χ0v) is 11.4. The molecule has 3 nitrogen and oxygen atoms in total. The second-order valence-electron chi connectivity index (χ2n) is 5.70. The van der Waals surface area contributed by atoms with Crippen molar-refractivity contribution in [2.75, 3.05) is 26.7 Å². The van der Waals surface area contributed by atoms with Crippen molar-refractivity contribution in [3.8, 4) is 0 Å². The minimum absolute atomic E-state index is 0.620. The highest BCUT2D eigenvalue weighted by atomic mass is 15.1. The lowest BCUT2D eigenvalue weighted by atomic mass is 9.94. The largest absolute Gasteiger partial charge is 0.330 e. The van der Waals surface area contributed by atoms with E-state index in [0.29, 0.717) is 23.9 Å². The molecule has 1 aliphatic rings. The van der Waals surface area contributed by atoms with Crippen LogP contribution >= 0.6 is 0 Å². The normalized spacial score (nSPS) is 29.6. The summed E-state index contributed by atoms with van der Waals surface area (Å²) in [6.45, 7) is 9.93. The van der Waals surface area contributed by atoms with Gasteiger partial charge in [-0.3, -0.25) is 0 Å². The van der Waals surface area contributed by atoms with Crippen molar-refractivity contribution < 1.29 is 0 Å². The molecular formula is C13H29N3. The number of nitrogens with two attached hydrogens (primary N) is 1. The topological polar surface area (TPSA) is 41.3 Å². The molecule has 0 aromatic carbocycles. The van der Waals surface area contributed by atoms with Gasteiger partial charge in [0.15, 0.2) is 0 Å². The standard InChI is InChI=1S/C13H29N3/c1-10(2)12(8-14)9-15-13-5-6-16(4)11(3)7-13/h10-13,15H,5-9,14H2,1-4H3. The molecule has 0 aliphatic carbocycles. The van der Waals surface area contributed by atoms with Crippen LogP contribution in [0.4, 0.5) is 0 Å². The Labute approximate surface area is 101 Å². The van der Waals surface area contributed by atoms with Crippen molar-refractivity contribution in [1.29, 1.82) is 0 Å². The van der Waals surface area contributed by atoms with E-state index in [0.717, 1.165) is 13.1 Å². The Morgan fingerprint density at radius 1 is 1.44 bits per heavy atom. The first-order valence-electron chi connectivity index (χ1n) is 6.68. The fourth-order valence-electron chi connectivity index (χ4n) is 2.38. The molecule has 3 N–H and O–H groups in total. The summed E-state index contributed by atoms with van der Waals surface area (Å²) in [5.41, 5.74) is 5.79. The molecule has 0 aromatic heterocycles. The van der Waals surface area contributed by atoms with Crippen LogP contribution in [-0.2, 0) is 0 Å². The Morgan fingerprint density at radius 2 is 2.12 bits per heavy atom. The summed E-state index contributed by atoms with van der Waals surface area (Å²) in [5, 5.41) is 3.70. The highest BCUT2D eigenvalue weighted by molar-refractivity contribution is 4.82. The first kappa shape index (κ1) is 13.9. The van der Waals surface area contributed by atoms with E-state index in [1.807, 2.05) is 0 Å². The van der Waals surface area contributed by atoms with Crippen molar-refractivity contribution >= 4 is 0 Å². The second kappa shape index (κ2) is 6.58. The summed E-state index contributed by atoms with van der Waals surface area (Å²) in [6.07, 6.45) is 2.54. The highest BCUT2D eigenvalue weighted by Crippen LogP contribution is 2.16. The summed E-state index contributed by atoms with van der Waals surface area (Å²) >= 11 is 0. The monoisotopic (exact) mass is 227 g/mol. The van der Waals surface area contributed by atoms with E-state index in [9.17, 15) is 0 Å². The molecule has 3 atom stereocenters. The number of rotatable bonds is 5. The lowest BCUT2D eigenvalue weighted by Gasteiger charge is -2.36. The van der Waals surface area contributed by atoms with E-state index < -0.39 is 0 Å². The number of likely N-dealkylation sites (tertiary alicyclic amines) is 1. The molecule has 0 bridgehead atoms. The average molecular weight is 227 g/mol. The van der Waals surface area contributed by atoms with Gasteiger partial charge in [0.05, 0.1) is 0 Å². The first-order valence-corrected chi connectivity index (χ1v) is 6.68. The quantitative estimate of drug-likeness (QED) is 0.743. The number of hydrogen-bond donors (Lipinski definition) is 2. The summed E-state index contributed by atoms with van der Waals surface area (Å²) < 4.78 is 0. The maximum absolute atomic E-state index is 5.79. The van der Waals surface area contributed by atoms with Gasteiger partial charge in [0.25, 0.3) is 0 Å². The van der Waals surface area contributed by atoms with Crippen LogP contribution in [0.3, 0.4) is 0 Å². The summed E-state index contributed by atoms with van der Waals surface area (Å²) in [5.74, 6) is 1.30. The van der Waals surface area contributed by atoms with Gasteiger partial charge in [-0.25, -0.2) is 0 Å². The first-order chi connectivity index (χ1) is 7.54. The maximum Gasteiger partial charge on any atom is 0.00941 e. The van der Waals surface area contributed by atoms with Gasteiger partial charge in [0.2, 0.25) is 0 Å². The van der Waals surface area contributed by atoms with Crippen LogP contribution in [0.2, 0.25) is 0 Å². The third-order valence-corrected chi connectivity index (χ3v) is 4.12. The molecule has 1 rings (SSSR count). The van der Waals surface area contributed by atoms with Gasteiger partial charge in [-0.1, -0.05) is 13.8 Å².